The molecule has 0 aromatic heterocycles. The second-order valence-corrected chi connectivity index (χ2v) is 7.52. The molecule has 1 aliphatic heterocycles. The van der Waals surface area contributed by atoms with Crippen LogP contribution in [0, 0.1) is 12.7 Å². The van der Waals surface area contributed by atoms with Crippen molar-refractivity contribution in [3.63, 3.8) is 0 Å². The van der Waals surface area contributed by atoms with Gasteiger partial charge in [-0.1, -0.05) is 30.3 Å². The predicted octanol–water partition coefficient (Wildman–Crippen LogP) is 6.00. The van der Waals surface area contributed by atoms with E-state index in [9.17, 15) is 4.39 Å². The van der Waals surface area contributed by atoms with E-state index in [0.29, 0.717) is 11.3 Å². The van der Waals surface area contributed by atoms with Crippen LogP contribution in [0.3, 0.4) is 0 Å². The molecule has 0 bridgehead atoms. The highest BCUT2D eigenvalue weighted by molar-refractivity contribution is 5.67. The molecule has 1 heterocycles. The van der Waals surface area contributed by atoms with Crippen LogP contribution < -0.4 is 9.64 Å². The summed E-state index contributed by atoms with van der Waals surface area (Å²) in [6.45, 7) is 4.43. The van der Waals surface area contributed by atoms with E-state index < -0.39 is 0 Å². The minimum Gasteiger partial charge on any atom is -0.497 e. The largest absolute Gasteiger partial charge is 0.497 e. The maximum atomic E-state index is 14.3. The average Bonchev–Trinajstić information content (AvgIpc) is 3.25. The molecule has 0 saturated carbocycles. The first-order chi connectivity index (χ1) is 13.6. The van der Waals surface area contributed by atoms with E-state index in [4.69, 9.17) is 4.74 Å². The van der Waals surface area contributed by atoms with Crippen molar-refractivity contribution in [2.45, 2.75) is 26.2 Å². The standard InChI is InChI=1S/C25H26FNO/c1-18-15-21(24-17-23(28-2)11-12-25(24)26)8-7-20(18)16-19-5-9-22(10-6-19)27-13-3-4-14-27/h5-12,15,17H,3-4,13-14,16H2,1-2H3. The molecule has 3 aromatic rings. The Morgan fingerprint density at radius 1 is 0.929 bits per heavy atom. The third-order valence-corrected chi connectivity index (χ3v) is 5.63. The Kier molecular flexibility index (Phi) is 5.34. The number of rotatable bonds is 5. The van der Waals surface area contributed by atoms with Crippen LogP contribution >= 0.6 is 0 Å². The topological polar surface area (TPSA) is 12.5 Å². The number of nitrogens with zero attached hydrogens (tertiary/aromatic N) is 1. The summed E-state index contributed by atoms with van der Waals surface area (Å²) in [7, 11) is 1.60. The van der Waals surface area contributed by atoms with Gasteiger partial charge in [0, 0.05) is 24.3 Å². The number of benzene rings is 3. The Labute approximate surface area is 166 Å². The van der Waals surface area contributed by atoms with Crippen molar-refractivity contribution in [3.8, 4) is 16.9 Å². The summed E-state index contributed by atoms with van der Waals surface area (Å²) >= 11 is 0. The van der Waals surface area contributed by atoms with Crippen LogP contribution in [0.5, 0.6) is 5.75 Å². The Morgan fingerprint density at radius 2 is 1.68 bits per heavy atom. The van der Waals surface area contributed by atoms with E-state index in [1.54, 1.807) is 19.2 Å². The Balaban J connectivity index is 1.53. The fourth-order valence-corrected chi connectivity index (χ4v) is 3.93. The summed E-state index contributed by atoms with van der Waals surface area (Å²) in [5.41, 5.74) is 6.50. The molecule has 0 aliphatic carbocycles. The molecule has 0 spiro atoms. The number of anilines is 1. The lowest BCUT2D eigenvalue weighted by Gasteiger charge is -2.18. The first-order valence-corrected chi connectivity index (χ1v) is 9.91. The van der Waals surface area contributed by atoms with Gasteiger partial charge in [-0.2, -0.15) is 0 Å². The molecule has 0 amide bonds. The van der Waals surface area contributed by atoms with Gasteiger partial charge in [-0.25, -0.2) is 4.39 Å². The van der Waals surface area contributed by atoms with Crippen molar-refractivity contribution >= 4 is 5.69 Å². The fraction of sp³-hybridized carbons (Fsp3) is 0.280. The van der Waals surface area contributed by atoms with E-state index >= 15 is 0 Å². The van der Waals surface area contributed by atoms with E-state index in [1.807, 2.05) is 6.07 Å². The zero-order valence-electron chi connectivity index (χ0n) is 16.5. The van der Waals surface area contributed by atoms with Crippen LogP contribution in [0.15, 0.2) is 60.7 Å². The molecular formula is C25H26FNO. The molecule has 1 fully saturated rings. The third-order valence-electron chi connectivity index (χ3n) is 5.63. The van der Waals surface area contributed by atoms with Crippen LogP contribution in [0.25, 0.3) is 11.1 Å². The minimum atomic E-state index is -0.231. The zero-order valence-corrected chi connectivity index (χ0v) is 16.5. The molecular weight excluding hydrogens is 349 g/mol. The Bertz CT molecular complexity index is 959. The van der Waals surface area contributed by atoms with Gasteiger partial charge in [0.1, 0.15) is 11.6 Å². The molecule has 1 saturated heterocycles. The van der Waals surface area contributed by atoms with Crippen LogP contribution in [0.4, 0.5) is 10.1 Å². The number of ether oxygens (including phenoxy) is 1. The normalized spacial score (nSPS) is 13.8. The van der Waals surface area contributed by atoms with Gasteiger partial charge in [0.15, 0.2) is 0 Å². The average molecular weight is 375 g/mol. The molecule has 3 heteroatoms. The minimum absolute atomic E-state index is 0.231. The molecule has 28 heavy (non-hydrogen) atoms. The van der Waals surface area contributed by atoms with Crippen molar-refractivity contribution in [3.05, 3.63) is 83.2 Å². The van der Waals surface area contributed by atoms with Gasteiger partial charge in [0.2, 0.25) is 0 Å². The molecule has 4 rings (SSSR count). The fourth-order valence-electron chi connectivity index (χ4n) is 3.93. The van der Waals surface area contributed by atoms with Crippen molar-refractivity contribution in [1.82, 2.24) is 0 Å². The number of aryl methyl sites for hydroxylation is 1. The van der Waals surface area contributed by atoms with Crippen LogP contribution in [-0.2, 0) is 6.42 Å². The van der Waals surface area contributed by atoms with Gasteiger partial charge in [0.05, 0.1) is 7.11 Å². The van der Waals surface area contributed by atoms with Gasteiger partial charge >= 0.3 is 0 Å². The summed E-state index contributed by atoms with van der Waals surface area (Å²) < 4.78 is 19.5. The summed E-state index contributed by atoms with van der Waals surface area (Å²) in [6, 6.07) is 19.9. The molecule has 2 nitrogen and oxygen atoms in total. The lowest BCUT2D eigenvalue weighted by Crippen LogP contribution is -2.17. The summed E-state index contributed by atoms with van der Waals surface area (Å²) in [4.78, 5) is 2.45. The number of hydrogen-bond donors (Lipinski definition) is 0. The highest BCUT2D eigenvalue weighted by Gasteiger charge is 2.12. The summed E-state index contributed by atoms with van der Waals surface area (Å²) in [5, 5.41) is 0. The number of methoxy groups -OCH3 is 1. The molecule has 0 atom stereocenters. The van der Waals surface area contributed by atoms with E-state index in [1.165, 1.54) is 54.4 Å². The van der Waals surface area contributed by atoms with Crippen LogP contribution in [0.2, 0.25) is 0 Å². The van der Waals surface area contributed by atoms with Gasteiger partial charge in [-0.05, 0) is 78.8 Å². The van der Waals surface area contributed by atoms with E-state index in [0.717, 1.165) is 12.0 Å². The lowest BCUT2D eigenvalue weighted by atomic mass is 9.95. The van der Waals surface area contributed by atoms with Gasteiger partial charge < -0.3 is 9.64 Å². The molecule has 0 N–H and O–H groups in total. The van der Waals surface area contributed by atoms with Crippen LogP contribution in [0.1, 0.15) is 29.5 Å². The number of halogens is 1. The molecule has 3 aromatic carbocycles. The third kappa shape index (κ3) is 3.89. The van der Waals surface area contributed by atoms with Gasteiger partial charge in [0.25, 0.3) is 0 Å². The van der Waals surface area contributed by atoms with Crippen molar-refractivity contribution < 1.29 is 9.13 Å². The second-order valence-electron chi connectivity index (χ2n) is 7.52. The van der Waals surface area contributed by atoms with Gasteiger partial charge in [-0.15, -0.1) is 0 Å². The molecule has 1 aliphatic rings. The van der Waals surface area contributed by atoms with E-state index in [-0.39, 0.29) is 5.82 Å². The van der Waals surface area contributed by atoms with E-state index in [2.05, 4.69) is 48.2 Å². The predicted molar refractivity (Wildman–Crippen MR) is 114 cm³/mol. The van der Waals surface area contributed by atoms with Crippen molar-refractivity contribution in [2.75, 3.05) is 25.1 Å². The first kappa shape index (κ1) is 18.5. The number of hydrogen-bond acceptors (Lipinski definition) is 2. The quantitative estimate of drug-likeness (QED) is 0.542. The van der Waals surface area contributed by atoms with Crippen molar-refractivity contribution in [2.24, 2.45) is 0 Å². The smallest absolute Gasteiger partial charge is 0.131 e. The maximum absolute atomic E-state index is 14.3. The Hall–Kier alpha value is -2.81. The molecule has 0 unspecified atom stereocenters. The Morgan fingerprint density at radius 3 is 2.36 bits per heavy atom. The first-order valence-electron chi connectivity index (χ1n) is 9.91. The zero-order chi connectivity index (χ0) is 19.5. The summed E-state index contributed by atoms with van der Waals surface area (Å²) in [6.07, 6.45) is 3.47. The SMILES string of the molecule is COc1ccc(F)c(-c2ccc(Cc3ccc(N4CCCC4)cc3)c(C)c2)c1. The van der Waals surface area contributed by atoms with Gasteiger partial charge in [-0.3, -0.25) is 0 Å². The van der Waals surface area contributed by atoms with Crippen LogP contribution in [-0.4, -0.2) is 20.2 Å². The highest BCUT2D eigenvalue weighted by Crippen LogP contribution is 2.29. The second kappa shape index (κ2) is 8.05. The maximum Gasteiger partial charge on any atom is 0.131 e. The highest BCUT2D eigenvalue weighted by atomic mass is 19.1. The summed E-state index contributed by atoms with van der Waals surface area (Å²) in [5.74, 6) is 0.432. The molecule has 144 valence electrons. The monoisotopic (exact) mass is 375 g/mol. The van der Waals surface area contributed by atoms with Crippen molar-refractivity contribution in [1.29, 1.82) is 0 Å². The molecule has 0 radical (unpaired) electrons. The lowest BCUT2D eigenvalue weighted by molar-refractivity contribution is 0.414.